The fraction of sp³-hybridized carbons (Fsp3) is 0.250. The summed E-state index contributed by atoms with van der Waals surface area (Å²) in [4.78, 5) is 26.5. The van der Waals surface area contributed by atoms with Gasteiger partial charge in [-0.3, -0.25) is 9.59 Å². The summed E-state index contributed by atoms with van der Waals surface area (Å²) < 4.78 is 0. The lowest BCUT2D eigenvalue weighted by atomic mass is 9.85. The SMILES string of the molecule is CC(=O)c1ccccc1-c1cc2c(c3c1CCN(C)C3)NC(=O)/C2=N/O. The van der Waals surface area contributed by atoms with Crippen LogP contribution in [0.1, 0.15) is 34.0 Å². The third kappa shape index (κ3) is 2.42. The van der Waals surface area contributed by atoms with Crippen molar-refractivity contribution in [2.45, 2.75) is 19.9 Å². The van der Waals surface area contributed by atoms with E-state index in [4.69, 9.17) is 0 Å². The molecule has 0 unspecified atom stereocenters. The smallest absolute Gasteiger partial charge is 0.278 e. The number of hydrogen-bond acceptors (Lipinski definition) is 5. The van der Waals surface area contributed by atoms with E-state index >= 15 is 0 Å². The van der Waals surface area contributed by atoms with Gasteiger partial charge in [-0.15, -0.1) is 0 Å². The molecule has 2 heterocycles. The van der Waals surface area contributed by atoms with E-state index in [2.05, 4.69) is 15.4 Å². The van der Waals surface area contributed by atoms with E-state index in [1.54, 1.807) is 6.92 Å². The Labute approximate surface area is 151 Å². The molecule has 4 rings (SSSR count). The maximum absolute atomic E-state index is 12.2. The molecule has 2 aromatic carbocycles. The van der Waals surface area contributed by atoms with E-state index in [1.165, 1.54) is 0 Å². The lowest BCUT2D eigenvalue weighted by Crippen LogP contribution is -2.28. The molecule has 0 fully saturated rings. The predicted molar refractivity (Wildman–Crippen MR) is 98.9 cm³/mol. The molecule has 132 valence electrons. The molecule has 6 nitrogen and oxygen atoms in total. The maximum Gasteiger partial charge on any atom is 0.278 e. The van der Waals surface area contributed by atoms with Crippen LogP contribution < -0.4 is 5.32 Å². The van der Waals surface area contributed by atoms with E-state index in [9.17, 15) is 14.8 Å². The number of carbonyl (C=O) groups is 2. The number of fused-ring (bicyclic) bond motifs is 3. The number of carbonyl (C=O) groups excluding carboxylic acids is 2. The van der Waals surface area contributed by atoms with Crippen molar-refractivity contribution in [1.29, 1.82) is 0 Å². The lowest BCUT2D eigenvalue weighted by Gasteiger charge is -2.29. The van der Waals surface area contributed by atoms with Crippen LogP contribution in [0.3, 0.4) is 0 Å². The number of oxime groups is 1. The first-order valence-corrected chi connectivity index (χ1v) is 8.52. The number of Topliss-reactive ketones (excluding diaryl/α,β-unsaturated/α-hetero) is 1. The second-order valence-electron chi connectivity index (χ2n) is 6.80. The minimum absolute atomic E-state index is 0.00646. The van der Waals surface area contributed by atoms with Gasteiger partial charge in [0.15, 0.2) is 11.5 Å². The van der Waals surface area contributed by atoms with Gasteiger partial charge in [-0.1, -0.05) is 29.4 Å². The highest BCUT2D eigenvalue weighted by molar-refractivity contribution is 6.54. The summed E-state index contributed by atoms with van der Waals surface area (Å²) in [7, 11) is 2.03. The Morgan fingerprint density at radius 3 is 2.69 bits per heavy atom. The van der Waals surface area contributed by atoms with Crippen molar-refractivity contribution < 1.29 is 14.8 Å². The third-order valence-electron chi connectivity index (χ3n) is 5.13. The van der Waals surface area contributed by atoms with Crippen molar-refractivity contribution in [2.24, 2.45) is 5.16 Å². The molecule has 1 amide bonds. The maximum atomic E-state index is 12.2. The first-order chi connectivity index (χ1) is 12.5. The number of benzene rings is 2. The summed E-state index contributed by atoms with van der Waals surface area (Å²) in [5, 5.41) is 15.3. The largest absolute Gasteiger partial charge is 0.410 e. The van der Waals surface area contributed by atoms with E-state index in [1.807, 2.05) is 37.4 Å². The van der Waals surface area contributed by atoms with Crippen LogP contribution in [-0.2, 0) is 17.8 Å². The van der Waals surface area contributed by atoms with Gasteiger partial charge in [-0.2, -0.15) is 0 Å². The fourth-order valence-corrected chi connectivity index (χ4v) is 3.88. The molecule has 0 radical (unpaired) electrons. The number of amides is 1. The van der Waals surface area contributed by atoms with Crippen LogP contribution in [-0.4, -0.2) is 41.1 Å². The van der Waals surface area contributed by atoms with Crippen LogP contribution in [0.2, 0.25) is 0 Å². The average molecular weight is 349 g/mol. The molecular weight excluding hydrogens is 330 g/mol. The summed E-state index contributed by atoms with van der Waals surface area (Å²) in [5.41, 5.74) is 5.89. The van der Waals surface area contributed by atoms with Crippen molar-refractivity contribution in [3.8, 4) is 11.1 Å². The topological polar surface area (TPSA) is 82.0 Å². The van der Waals surface area contributed by atoms with Gasteiger partial charge >= 0.3 is 0 Å². The average Bonchev–Trinajstić information content (AvgIpc) is 2.96. The van der Waals surface area contributed by atoms with E-state index in [-0.39, 0.29) is 11.5 Å². The molecule has 0 bridgehead atoms. The second kappa shape index (κ2) is 6.07. The zero-order chi connectivity index (χ0) is 18.4. The lowest BCUT2D eigenvalue weighted by molar-refractivity contribution is -0.110. The Morgan fingerprint density at radius 2 is 1.96 bits per heavy atom. The van der Waals surface area contributed by atoms with Crippen molar-refractivity contribution in [3.05, 3.63) is 52.6 Å². The molecule has 0 aromatic heterocycles. The molecular formula is C20H19N3O3. The molecule has 26 heavy (non-hydrogen) atoms. The fourth-order valence-electron chi connectivity index (χ4n) is 3.88. The Morgan fingerprint density at radius 1 is 1.19 bits per heavy atom. The van der Waals surface area contributed by atoms with Crippen LogP contribution in [0.15, 0.2) is 35.5 Å². The van der Waals surface area contributed by atoms with Crippen molar-refractivity contribution in [2.75, 3.05) is 18.9 Å². The minimum atomic E-state index is -0.407. The molecule has 0 aliphatic carbocycles. The van der Waals surface area contributed by atoms with E-state index in [0.717, 1.165) is 35.2 Å². The summed E-state index contributed by atoms with van der Waals surface area (Å²) in [6.07, 6.45) is 0.822. The van der Waals surface area contributed by atoms with Crippen LogP contribution >= 0.6 is 0 Å². The van der Waals surface area contributed by atoms with E-state index in [0.29, 0.717) is 23.4 Å². The monoisotopic (exact) mass is 349 g/mol. The standard InChI is InChI=1S/C20H19N3O3/c1-11(24)12-5-3-4-6-13(12)15-9-16-18(21-20(25)19(16)22-26)17-10-23(2)8-7-14(15)17/h3-6,9,26H,7-8,10H2,1-2H3,(H,21,22,25). The number of nitrogens with one attached hydrogen (secondary N) is 1. The first-order valence-electron chi connectivity index (χ1n) is 8.52. The summed E-state index contributed by atoms with van der Waals surface area (Å²) in [6.45, 7) is 3.14. The number of anilines is 1. The number of hydrogen-bond donors (Lipinski definition) is 2. The molecule has 2 aliphatic rings. The number of ketones is 1. The van der Waals surface area contributed by atoms with Crippen LogP contribution in [0.25, 0.3) is 11.1 Å². The van der Waals surface area contributed by atoms with Gasteiger partial charge < -0.3 is 15.4 Å². The second-order valence-corrected chi connectivity index (χ2v) is 6.80. The molecule has 0 saturated carbocycles. The summed E-state index contributed by atoms with van der Waals surface area (Å²) in [6, 6.07) is 9.36. The Kier molecular flexibility index (Phi) is 3.85. The molecule has 6 heteroatoms. The molecule has 2 aliphatic heterocycles. The number of rotatable bonds is 2. The van der Waals surface area contributed by atoms with Crippen LogP contribution in [0, 0.1) is 0 Å². The molecule has 0 atom stereocenters. The van der Waals surface area contributed by atoms with Gasteiger partial charge in [0.2, 0.25) is 0 Å². The normalized spacial score (nSPS) is 17.8. The molecule has 2 aromatic rings. The Hall–Kier alpha value is -2.99. The van der Waals surface area contributed by atoms with Crippen molar-refractivity contribution in [1.82, 2.24) is 4.90 Å². The number of nitrogens with zero attached hydrogens (tertiary/aromatic N) is 2. The van der Waals surface area contributed by atoms with Gasteiger partial charge in [0, 0.05) is 24.2 Å². The highest BCUT2D eigenvalue weighted by Crippen LogP contribution is 2.40. The Balaban J connectivity index is 2.04. The van der Waals surface area contributed by atoms with Gasteiger partial charge in [-0.25, -0.2) is 0 Å². The van der Waals surface area contributed by atoms with Crippen molar-refractivity contribution in [3.63, 3.8) is 0 Å². The highest BCUT2D eigenvalue weighted by atomic mass is 16.4. The third-order valence-corrected chi connectivity index (χ3v) is 5.13. The Bertz CT molecular complexity index is 979. The predicted octanol–water partition coefficient (Wildman–Crippen LogP) is 2.67. The highest BCUT2D eigenvalue weighted by Gasteiger charge is 2.33. The van der Waals surface area contributed by atoms with Gasteiger partial charge in [0.25, 0.3) is 5.91 Å². The molecule has 2 N–H and O–H groups in total. The van der Waals surface area contributed by atoms with Crippen LogP contribution in [0.4, 0.5) is 5.69 Å². The van der Waals surface area contributed by atoms with Crippen molar-refractivity contribution >= 4 is 23.1 Å². The van der Waals surface area contributed by atoms with Gasteiger partial charge in [-0.05, 0) is 48.7 Å². The van der Waals surface area contributed by atoms with Crippen LogP contribution in [0.5, 0.6) is 0 Å². The quantitative estimate of drug-likeness (QED) is 0.496. The first kappa shape index (κ1) is 16.5. The van der Waals surface area contributed by atoms with Gasteiger partial charge in [0.1, 0.15) is 0 Å². The molecule has 0 spiro atoms. The van der Waals surface area contributed by atoms with Gasteiger partial charge in [0.05, 0.1) is 5.69 Å². The van der Waals surface area contributed by atoms with E-state index < -0.39 is 5.91 Å². The zero-order valence-corrected chi connectivity index (χ0v) is 14.7. The summed E-state index contributed by atoms with van der Waals surface area (Å²) >= 11 is 0. The minimum Gasteiger partial charge on any atom is -0.410 e. The molecule has 0 saturated heterocycles. The number of likely N-dealkylation sites (N-methyl/N-ethyl adjacent to an activating group) is 1. The zero-order valence-electron chi connectivity index (χ0n) is 14.7. The summed E-state index contributed by atoms with van der Waals surface area (Å²) in [5.74, 6) is -0.414.